The summed E-state index contributed by atoms with van der Waals surface area (Å²) in [6, 6.07) is 0.105. The van der Waals surface area contributed by atoms with Gasteiger partial charge in [0.2, 0.25) is 5.91 Å². The number of hydrogen-bond acceptors (Lipinski definition) is 6. The van der Waals surface area contributed by atoms with Crippen LogP contribution in [-0.4, -0.2) is 44.9 Å². The summed E-state index contributed by atoms with van der Waals surface area (Å²) in [4.78, 5) is 26.8. The highest BCUT2D eigenvalue weighted by Crippen LogP contribution is 2.21. The zero-order chi connectivity index (χ0) is 14.7. The minimum atomic E-state index is 0.0983. The van der Waals surface area contributed by atoms with Crippen molar-refractivity contribution >= 4 is 17.2 Å². The molecule has 2 aromatic rings. The number of aromatic nitrogens is 3. The maximum absolute atomic E-state index is 12.3. The van der Waals surface area contributed by atoms with Crippen molar-refractivity contribution in [1.82, 2.24) is 19.9 Å². The Morgan fingerprint density at radius 1 is 1.48 bits per heavy atom. The maximum atomic E-state index is 12.3. The van der Waals surface area contributed by atoms with E-state index >= 15 is 0 Å². The van der Waals surface area contributed by atoms with Crippen LogP contribution >= 0.6 is 11.3 Å². The van der Waals surface area contributed by atoms with E-state index in [-0.39, 0.29) is 11.9 Å². The molecule has 2 N–H and O–H groups in total. The van der Waals surface area contributed by atoms with Crippen molar-refractivity contribution in [3.05, 3.63) is 29.7 Å². The molecule has 1 fully saturated rings. The lowest BCUT2D eigenvalue weighted by Gasteiger charge is -2.30. The van der Waals surface area contributed by atoms with Gasteiger partial charge in [-0.05, 0) is 12.8 Å². The van der Waals surface area contributed by atoms with E-state index in [1.54, 1.807) is 18.6 Å². The summed E-state index contributed by atoms with van der Waals surface area (Å²) in [6.45, 7) is 1.45. The zero-order valence-electron chi connectivity index (χ0n) is 11.6. The molecule has 1 aliphatic rings. The second kappa shape index (κ2) is 6.28. The molecule has 0 bridgehead atoms. The normalized spacial score (nSPS) is 18.7. The Hall–Kier alpha value is -1.86. The Balaban J connectivity index is 1.66. The van der Waals surface area contributed by atoms with Gasteiger partial charge in [-0.2, -0.15) is 0 Å². The Kier molecular flexibility index (Phi) is 4.21. The number of amides is 1. The lowest BCUT2D eigenvalue weighted by molar-refractivity contribution is -0.131. The van der Waals surface area contributed by atoms with Gasteiger partial charge in [0.05, 0.1) is 18.3 Å². The molecule has 0 spiro atoms. The summed E-state index contributed by atoms with van der Waals surface area (Å²) >= 11 is 1.48. The van der Waals surface area contributed by atoms with Crippen molar-refractivity contribution in [3.8, 4) is 10.7 Å². The highest BCUT2D eigenvalue weighted by atomic mass is 32.1. The van der Waals surface area contributed by atoms with Crippen LogP contribution in [0.3, 0.4) is 0 Å². The number of piperidine rings is 1. The molecule has 6 nitrogen and oxygen atoms in total. The number of nitrogens with zero attached hydrogens (tertiary/aromatic N) is 4. The van der Waals surface area contributed by atoms with Crippen LogP contribution in [0.2, 0.25) is 0 Å². The molecule has 110 valence electrons. The third-order valence-electron chi connectivity index (χ3n) is 3.48. The Morgan fingerprint density at radius 2 is 2.38 bits per heavy atom. The molecule has 1 aliphatic heterocycles. The van der Waals surface area contributed by atoms with Crippen LogP contribution < -0.4 is 5.73 Å². The second-order valence-corrected chi connectivity index (χ2v) is 6.01. The molecule has 2 aromatic heterocycles. The molecule has 21 heavy (non-hydrogen) atoms. The topological polar surface area (TPSA) is 85.0 Å². The van der Waals surface area contributed by atoms with Crippen LogP contribution in [0, 0.1) is 0 Å². The van der Waals surface area contributed by atoms with Gasteiger partial charge in [0.15, 0.2) is 0 Å². The molecular weight excluding hydrogens is 286 g/mol. The minimum Gasteiger partial charge on any atom is -0.341 e. The predicted octanol–water partition coefficient (Wildman–Crippen LogP) is 1.09. The van der Waals surface area contributed by atoms with E-state index in [0.717, 1.165) is 35.8 Å². The number of nitrogens with two attached hydrogens (primary N) is 1. The summed E-state index contributed by atoms with van der Waals surface area (Å²) in [5.41, 5.74) is 7.43. The fourth-order valence-electron chi connectivity index (χ4n) is 2.42. The monoisotopic (exact) mass is 303 g/mol. The molecule has 1 amide bonds. The number of thiazole rings is 1. The SMILES string of the molecule is NC1CCCN(C(=O)Cc2csc(-c3cnccn3)n2)C1. The van der Waals surface area contributed by atoms with E-state index in [9.17, 15) is 4.79 Å². The second-order valence-electron chi connectivity index (χ2n) is 5.15. The van der Waals surface area contributed by atoms with E-state index in [1.165, 1.54) is 11.3 Å². The molecule has 1 atom stereocenters. The highest BCUT2D eigenvalue weighted by molar-refractivity contribution is 7.13. The molecule has 3 heterocycles. The Labute approximate surface area is 127 Å². The van der Waals surface area contributed by atoms with Crippen molar-refractivity contribution in [2.45, 2.75) is 25.3 Å². The van der Waals surface area contributed by atoms with Gasteiger partial charge in [0.25, 0.3) is 0 Å². The smallest absolute Gasteiger partial charge is 0.228 e. The van der Waals surface area contributed by atoms with Gasteiger partial charge in [-0.1, -0.05) is 0 Å². The lowest BCUT2D eigenvalue weighted by atomic mass is 10.1. The molecule has 0 radical (unpaired) electrons. The zero-order valence-corrected chi connectivity index (χ0v) is 12.4. The minimum absolute atomic E-state index is 0.0983. The summed E-state index contributed by atoms with van der Waals surface area (Å²) in [6.07, 6.45) is 7.24. The molecule has 7 heteroatoms. The van der Waals surface area contributed by atoms with Gasteiger partial charge < -0.3 is 10.6 Å². The first-order valence-electron chi connectivity index (χ1n) is 6.96. The number of likely N-dealkylation sites (tertiary alicyclic amines) is 1. The highest BCUT2D eigenvalue weighted by Gasteiger charge is 2.22. The maximum Gasteiger partial charge on any atom is 0.228 e. The predicted molar refractivity (Wildman–Crippen MR) is 80.6 cm³/mol. The van der Waals surface area contributed by atoms with E-state index in [0.29, 0.717) is 13.0 Å². The summed E-state index contributed by atoms with van der Waals surface area (Å²) in [5, 5.41) is 2.70. The van der Waals surface area contributed by atoms with Crippen molar-refractivity contribution in [1.29, 1.82) is 0 Å². The lowest BCUT2D eigenvalue weighted by Crippen LogP contribution is -2.46. The summed E-state index contributed by atoms with van der Waals surface area (Å²) in [5.74, 6) is 0.0983. The van der Waals surface area contributed by atoms with Crippen LogP contribution in [0.25, 0.3) is 10.7 Å². The van der Waals surface area contributed by atoms with Gasteiger partial charge in [-0.15, -0.1) is 11.3 Å². The van der Waals surface area contributed by atoms with Crippen LogP contribution in [0.5, 0.6) is 0 Å². The molecule has 0 aliphatic carbocycles. The molecular formula is C14H17N5OS. The van der Waals surface area contributed by atoms with Crippen LogP contribution in [0.15, 0.2) is 24.0 Å². The first kappa shape index (κ1) is 14.1. The van der Waals surface area contributed by atoms with E-state index < -0.39 is 0 Å². The molecule has 1 unspecified atom stereocenters. The van der Waals surface area contributed by atoms with E-state index in [4.69, 9.17) is 5.73 Å². The Bertz CT molecular complexity index is 615. The van der Waals surface area contributed by atoms with Crippen molar-refractivity contribution < 1.29 is 4.79 Å². The molecule has 0 aromatic carbocycles. The Morgan fingerprint density at radius 3 is 3.14 bits per heavy atom. The van der Waals surface area contributed by atoms with Crippen molar-refractivity contribution in [2.75, 3.05) is 13.1 Å². The van der Waals surface area contributed by atoms with Crippen molar-refractivity contribution in [2.24, 2.45) is 5.73 Å². The van der Waals surface area contributed by atoms with E-state index in [2.05, 4.69) is 15.0 Å². The molecule has 1 saturated heterocycles. The number of carbonyl (C=O) groups excluding carboxylic acids is 1. The third-order valence-corrected chi connectivity index (χ3v) is 4.39. The fourth-order valence-corrected chi connectivity index (χ4v) is 3.20. The third kappa shape index (κ3) is 3.43. The van der Waals surface area contributed by atoms with Gasteiger partial charge in [0.1, 0.15) is 10.7 Å². The largest absolute Gasteiger partial charge is 0.341 e. The number of rotatable bonds is 3. The first-order chi connectivity index (χ1) is 10.2. The van der Waals surface area contributed by atoms with E-state index in [1.807, 2.05) is 10.3 Å². The van der Waals surface area contributed by atoms with Crippen molar-refractivity contribution in [3.63, 3.8) is 0 Å². The van der Waals surface area contributed by atoms with Crippen LogP contribution in [-0.2, 0) is 11.2 Å². The standard InChI is InChI=1S/C14H17N5OS/c15-10-2-1-5-19(8-10)13(20)6-11-9-21-14(18-11)12-7-16-3-4-17-12/h3-4,7,9-10H,1-2,5-6,8,15H2. The van der Waals surface area contributed by atoms with Crippen LogP contribution in [0.4, 0.5) is 0 Å². The van der Waals surface area contributed by atoms with Gasteiger partial charge in [-0.25, -0.2) is 4.98 Å². The summed E-state index contributed by atoms with van der Waals surface area (Å²) in [7, 11) is 0. The fraction of sp³-hybridized carbons (Fsp3) is 0.429. The number of carbonyl (C=O) groups is 1. The molecule has 0 saturated carbocycles. The van der Waals surface area contributed by atoms with Crippen LogP contribution in [0.1, 0.15) is 18.5 Å². The molecule has 3 rings (SSSR count). The quantitative estimate of drug-likeness (QED) is 0.917. The summed E-state index contributed by atoms with van der Waals surface area (Å²) < 4.78 is 0. The average Bonchev–Trinajstić information content (AvgIpc) is 2.97. The van der Waals surface area contributed by atoms with Gasteiger partial charge in [0, 0.05) is 36.9 Å². The first-order valence-corrected chi connectivity index (χ1v) is 7.84. The average molecular weight is 303 g/mol. The number of hydrogen-bond donors (Lipinski definition) is 1. The van der Waals surface area contributed by atoms with Gasteiger partial charge >= 0.3 is 0 Å². The van der Waals surface area contributed by atoms with Gasteiger partial charge in [-0.3, -0.25) is 14.8 Å².